The van der Waals surface area contributed by atoms with Crippen molar-refractivity contribution in [2.75, 3.05) is 0 Å². The van der Waals surface area contributed by atoms with Crippen LogP contribution in [0.5, 0.6) is 0 Å². The van der Waals surface area contributed by atoms with Gasteiger partial charge in [-0.1, -0.05) is 29.4 Å². The molecule has 0 fully saturated rings. The van der Waals surface area contributed by atoms with Gasteiger partial charge in [0.05, 0.1) is 17.3 Å². The number of thioether (sulfide) groups is 1. The first-order chi connectivity index (χ1) is 13.1. The molecule has 138 valence electrons. The van der Waals surface area contributed by atoms with E-state index in [1.54, 1.807) is 12.3 Å². The Morgan fingerprint density at radius 3 is 2.93 bits per heavy atom. The highest BCUT2D eigenvalue weighted by Gasteiger charge is 2.25. The van der Waals surface area contributed by atoms with Gasteiger partial charge in [0.25, 0.3) is 5.91 Å². The maximum Gasteiger partial charge on any atom is 0.254 e. The number of fused-ring (bicyclic) bond motifs is 1. The van der Waals surface area contributed by atoms with Gasteiger partial charge in [-0.25, -0.2) is 4.98 Å². The number of aryl methyl sites for hydroxylation is 3. The minimum Gasteiger partial charge on any atom is -0.361 e. The molecule has 1 aliphatic rings. The Balaban J connectivity index is 1.50. The van der Waals surface area contributed by atoms with Gasteiger partial charge < -0.3 is 9.84 Å². The SMILES string of the molecule is Cc1noc(C)c1CSc1ncccc1C(=O)NC1CCc2ccccc21. The van der Waals surface area contributed by atoms with Gasteiger partial charge in [0.15, 0.2) is 0 Å². The van der Waals surface area contributed by atoms with Crippen LogP contribution in [0.4, 0.5) is 0 Å². The fourth-order valence-electron chi connectivity index (χ4n) is 3.47. The van der Waals surface area contributed by atoms with Crippen molar-refractivity contribution in [3.8, 4) is 0 Å². The number of carbonyl (C=O) groups excluding carboxylic acids is 1. The average molecular weight is 379 g/mol. The Hall–Kier alpha value is -2.60. The first kappa shape index (κ1) is 17.8. The molecule has 3 aromatic rings. The summed E-state index contributed by atoms with van der Waals surface area (Å²) in [5.41, 5.74) is 5.09. The van der Waals surface area contributed by atoms with Gasteiger partial charge in [0.2, 0.25) is 0 Å². The summed E-state index contributed by atoms with van der Waals surface area (Å²) in [5.74, 6) is 1.40. The number of amides is 1. The van der Waals surface area contributed by atoms with Gasteiger partial charge in [-0.2, -0.15) is 0 Å². The minimum absolute atomic E-state index is 0.0642. The van der Waals surface area contributed by atoms with Crippen LogP contribution in [0.25, 0.3) is 0 Å². The van der Waals surface area contributed by atoms with Crippen LogP contribution >= 0.6 is 11.8 Å². The Labute approximate surface area is 162 Å². The topological polar surface area (TPSA) is 68.0 Å². The molecular weight excluding hydrogens is 358 g/mol. The number of aromatic nitrogens is 2. The summed E-state index contributed by atoms with van der Waals surface area (Å²) in [6.45, 7) is 3.83. The number of hydrogen-bond acceptors (Lipinski definition) is 5. The summed E-state index contributed by atoms with van der Waals surface area (Å²) in [5, 5.41) is 7.90. The maximum atomic E-state index is 12.9. The minimum atomic E-state index is -0.0777. The number of rotatable bonds is 5. The monoisotopic (exact) mass is 379 g/mol. The normalized spacial score (nSPS) is 15.6. The van der Waals surface area contributed by atoms with E-state index in [4.69, 9.17) is 4.52 Å². The molecular formula is C21H21N3O2S. The Morgan fingerprint density at radius 1 is 1.26 bits per heavy atom. The highest BCUT2D eigenvalue weighted by molar-refractivity contribution is 7.98. The predicted octanol–water partition coefficient (Wildman–Crippen LogP) is 4.40. The third-order valence-electron chi connectivity index (χ3n) is 4.99. The van der Waals surface area contributed by atoms with Crippen LogP contribution in [0, 0.1) is 13.8 Å². The van der Waals surface area contributed by atoms with Gasteiger partial charge in [-0.15, -0.1) is 11.8 Å². The summed E-state index contributed by atoms with van der Waals surface area (Å²) in [6, 6.07) is 12.0. The van der Waals surface area contributed by atoms with Gasteiger partial charge >= 0.3 is 0 Å². The first-order valence-electron chi connectivity index (χ1n) is 9.01. The fourth-order valence-corrected chi connectivity index (χ4v) is 4.62. The van der Waals surface area contributed by atoms with Gasteiger partial charge in [-0.3, -0.25) is 4.79 Å². The molecule has 4 rings (SSSR count). The van der Waals surface area contributed by atoms with Crippen LogP contribution < -0.4 is 5.32 Å². The van der Waals surface area contributed by atoms with Crippen LogP contribution in [-0.4, -0.2) is 16.0 Å². The van der Waals surface area contributed by atoms with Crippen molar-refractivity contribution in [1.82, 2.24) is 15.5 Å². The van der Waals surface area contributed by atoms with E-state index in [-0.39, 0.29) is 11.9 Å². The lowest BCUT2D eigenvalue weighted by atomic mass is 10.1. The second-order valence-corrected chi connectivity index (χ2v) is 7.68. The van der Waals surface area contributed by atoms with Gasteiger partial charge in [0, 0.05) is 17.5 Å². The highest BCUT2D eigenvalue weighted by Crippen LogP contribution is 2.32. The molecule has 1 aromatic carbocycles. The summed E-state index contributed by atoms with van der Waals surface area (Å²) in [6.07, 6.45) is 3.66. The molecule has 1 aliphatic carbocycles. The summed E-state index contributed by atoms with van der Waals surface area (Å²) >= 11 is 1.53. The molecule has 1 N–H and O–H groups in total. The second-order valence-electron chi connectivity index (χ2n) is 6.71. The molecule has 5 nitrogen and oxygen atoms in total. The lowest BCUT2D eigenvalue weighted by Crippen LogP contribution is -2.27. The Bertz CT molecular complexity index is 964. The van der Waals surface area contributed by atoms with Gasteiger partial charge in [-0.05, 0) is 49.9 Å². The molecule has 27 heavy (non-hydrogen) atoms. The number of pyridine rings is 1. The van der Waals surface area contributed by atoms with E-state index in [0.29, 0.717) is 11.3 Å². The van der Waals surface area contributed by atoms with Crippen LogP contribution in [0.2, 0.25) is 0 Å². The van der Waals surface area contributed by atoms with Crippen molar-refractivity contribution in [2.45, 2.75) is 43.5 Å². The number of nitrogens with one attached hydrogen (secondary N) is 1. The van der Waals surface area contributed by atoms with E-state index in [2.05, 4.69) is 27.6 Å². The quantitative estimate of drug-likeness (QED) is 0.666. The number of carbonyl (C=O) groups is 1. The van der Waals surface area contributed by atoms with Gasteiger partial charge in [0.1, 0.15) is 10.8 Å². The van der Waals surface area contributed by atoms with Crippen LogP contribution in [0.15, 0.2) is 52.1 Å². The zero-order valence-corrected chi connectivity index (χ0v) is 16.2. The average Bonchev–Trinajstić information content (AvgIpc) is 3.24. The Kier molecular flexibility index (Phi) is 4.99. The lowest BCUT2D eigenvalue weighted by molar-refractivity contribution is 0.0933. The van der Waals surface area contributed by atoms with E-state index in [0.717, 1.165) is 34.9 Å². The largest absolute Gasteiger partial charge is 0.361 e. The molecule has 2 heterocycles. The predicted molar refractivity (Wildman–Crippen MR) is 105 cm³/mol. The van der Waals surface area contributed by atoms with Crippen molar-refractivity contribution in [2.24, 2.45) is 0 Å². The molecule has 1 atom stereocenters. The molecule has 1 amide bonds. The lowest BCUT2D eigenvalue weighted by Gasteiger charge is -2.15. The fraction of sp³-hybridized carbons (Fsp3) is 0.286. The second kappa shape index (κ2) is 7.56. The molecule has 0 aliphatic heterocycles. The molecule has 0 spiro atoms. The van der Waals surface area contributed by atoms with Crippen molar-refractivity contribution in [3.63, 3.8) is 0 Å². The maximum absolute atomic E-state index is 12.9. The van der Waals surface area contributed by atoms with Crippen molar-refractivity contribution in [1.29, 1.82) is 0 Å². The van der Waals surface area contributed by atoms with Crippen LogP contribution in [0.3, 0.4) is 0 Å². The molecule has 0 saturated carbocycles. The zero-order chi connectivity index (χ0) is 18.8. The van der Waals surface area contributed by atoms with E-state index in [1.807, 2.05) is 32.0 Å². The zero-order valence-electron chi connectivity index (χ0n) is 15.4. The van der Waals surface area contributed by atoms with Crippen LogP contribution in [0.1, 0.15) is 51.0 Å². The number of hydrogen-bond donors (Lipinski definition) is 1. The molecule has 1 unspecified atom stereocenters. The van der Waals surface area contributed by atoms with Crippen molar-refractivity contribution in [3.05, 3.63) is 76.3 Å². The third kappa shape index (κ3) is 3.62. The molecule has 0 bridgehead atoms. The summed E-state index contributed by atoms with van der Waals surface area (Å²) in [4.78, 5) is 17.4. The summed E-state index contributed by atoms with van der Waals surface area (Å²) in [7, 11) is 0. The summed E-state index contributed by atoms with van der Waals surface area (Å²) < 4.78 is 5.22. The highest BCUT2D eigenvalue weighted by atomic mass is 32.2. The van der Waals surface area contributed by atoms with Crippen LogP contribution in [-0.2, 0) is 12.2 Å². The molecule has 0 saturated heterocycles. The van der Waals surface area contributed by atoms with E-state index >= 15 is 0 Å². The Morgan fingerprint density at radius 2 is 2.11 bits per heavy atom. The molecule has 2 aromatic heterocycles. The van der Waals surface area contributed by atoms with E-state index < -0.39 is 0 Å². The number of benzene rings is 1. The van der Waals surface area contributed by atoms with E-state index in [9.17, 15) is 4.79 Å². The van der Waals surface area contributed by atoms with Crippen molar-refractivity contribution >= 4 is 17.7 Å². The smallest absolute Gasteiger partial charge is 0.254 e. The molecule has 6 heteroatoms. The number of nitrogens with zero attached hydrogens (tertiary/aromatic N) is 2. The standard InChI is InChI=1S/C21H21N3O2S/c1-13-18(14(2)26-24-13)12-27-21-17(8-5-11-22-21)20(25)23-19-10-9-15-6-3-4-7-16(15)19/h3-8,11,19H,9-10,12H2,1-2H3,(H,23,25). The third-order valence-corrected chi connectivity index (χ3v) is 6.02. The van der Waals surface area contributed by atoms with E-state index in [1.165, 1.54) is 22.9 Å². The molecule has 0 radical (unpaired) electrons. The van der Waals surface area contributed by atoms with Crippen molar-refractivity contribution < 1.29 is 9.32 Å². The first-order valence-corrected chi connectivity index (χ1v) is 10.0.